The molecule has 1 aliphatic rings. The van der Waals surface area contributed by atoms with Gasteiger partial charge < -0.3 is 4.74 Å². The van der Waals surface area contributed by atoms with Crippen molar-refractivity contribution in [3.05, 3.63) is 65.0 Å². The van der Waals surface area contributed by atoms with E-state index in [0.717, 1.165) is 5.56 Å². The number of rotatable bonds is 5. The number of carbonyl (C=O) groups excluding carboxylic acids is 1. The summed E-state index contributed by atoms with van der Waals surface area (Å²) in [4.78, 5) is 12.7. The van der Waals surface area contributed by atoms with Crippen molar-refractivity contribution in [3.8, 4) is 0 Å². The van der Waals surface area contributed by atoms with E-state index in [2.05, 4.69) is 0 Å². The smallest absolute Gasteiger partial charge is 0.310 e. The van der Waals surface area contributed by atoms with Gasteiger partial charge in [0.1, 0.15) is 5.82 Å². The standard InChI is InChI=1S/C21H24FNO4S/c1-4-27-21(24)19-11-12-23(20(19)18-10-7-16(22)13-15(18)3)28(25,26)17-8-5-14(2)6-9-17/h5-10,13,19-20H,4,11-12H2,1-3H3. The van der Waals surface area contributed by atoms with Crippen LogP contribution in [0.2, 0.25) is 0 Å². The van der Waals surface area contributed by atoms with E-state index in [1.165, 1.54) is 16.4 Å². The molecular formula is C21H24FNO4S. The average molecular weight is 405 g/mol. The number of benzene rings is 2. The molecule has 2 aromatic carbocycles. The summed E-state index contributed by atoms with van der Waals surface area (Å²) in [7, 11) is -3.83. The molecule has 3 rings (SSSR count). The SMILES string of the molecule is CCOC(=O)C1CCN(S(=O)(=O)c2ccc(C)cc2)C1c1ccc(F)cc1C. The van der Waals surface area contributed by atoms with Gasteiger partial charge in [0.15, 0.2) is 0 Å². The van der Waals surface area contributed by atoms with E-state index >= 15 is 0 Å². The van der Waals surface area contributed by atoms with Crippen LogP contribution in [0.15, 0.2) is 47.4 Å². The van der Waals surface area contributed by atoms with E-state index in [-0.39, 0.29) is 18.0 Å². The summed E-state index contributed by atoms with van der Waals surface area (Å²) < 4.78 is 46.8. The Morgan fingerprint density at radius 1 is 1.18 bits per heavy atom. The fraction of sp³-hybridized carbons (Fsp3) is 0.381. The second-order valence-corrected chi connectivity index (χ2v) is 8.91. The Kier molecular flexibility index (Phi) is 5.86. The Bertz CT molecular complexity index is 972. The van der Waals surface area contributed by atoms with Crippen LogP contribution in [0.3, 0.4) is 0 Å². The molecule has 0 radical (unpaired) electrons. The van der Waals surface area contributed by atoms with Gasteiger partial charge in [0, 0.05) is 6.54 Å². The lowest BCUT2D eigenvalue weighted by atomic mass is 9.91. The van der Waals surface area contributed by atoms with Crippen LogP contribution in [-0.2, 0) is 19.6 Å². The van der Waals surface area contributed by atoms with Crippen LogP contribution in [0.5, 0.6) is 0 Å². The third-order valence-electron chi connectivity index (χ3n) is 5.12. The molecule has 2 aromatic rings. The number of aryl methyl sites for hydroxylation is 2. The number of carbonyl (C=O) groups is 1. The number of ether oxygens (including phenoxy) is 1. The van der Waals surface area contributed by atoms with Crippen LogP contribution < -0.4 is 0 Å². The number of hydrogen-bond acceptors (Lipinski definition) is 4. The predicted molar refractivity (Wildman–Crippen MR) is 104 cm³/mol. The zero-order valence-corrected chi connectivity index (χ0v) is 17.0. The second-order valence-electron chi connectivity index (χ2n) is 7.02. The molecule has 150 valence electrons. The molecule has 2 atom stereocenters. The van der Waals surface area contributed by atoms with Gasteiger partial charge in [0.05, 0.1) is 23.5 Å². The quantitative estimate of drug-likeness (QED) is 0.711. The topological polar surface area (TPSA) is 63.7 Å². The van der Waals surface area contributed by atoms with Crippen molar-refractivity contribution < 1.29 is 22.3 Å². The summed E-state index contributed by atoms with van der Waals surface area (Å²) in [6.45, 7) is 5.73. The monoisotopic (exact) mass is 405 g/mol. The highest BCUT2D eigenvalue weighted by atomic mass is 32.2. The largest absolute Gasteiger partial charge is 0.466 e. The van der Waals surface area contributed by atoms with Crippen molar-refractivity contribution in [3.63, 3.8) is 0 Å². The average Bonchev–Trinajstić information content (AvgIpc) is 3.08. The number of halogens is 1. The molecule has 2 unspecified atom stereocenters. The maximum absolute atomic E-state index is 13.6. The van der Waals surface area contributed by atoms with Gasteiger partial charge in [0.2, 0.25) is 10.0 Å². The zero-order valence-electron chi connectivity index (χ0n) is 16.2. The van der Waals surface area contributed by atoms with E-state index in [4.69, 9.17) is 4.74 Å². The Morgan fingerprint density at radius 2 is 1.86 bits per heavy atom. The van der Waals surface area contributed by atoms with Crippen LogP contribution in [-0.4, -0.2) is 31.8 Å². The van der Waals surface area contributed by atoms with Crippen molar-refractivity contribution in [2.24, 2.45) is 5.92 Å². The number of sulfonamides is 1. The molecule has 0 saturated carbocycles. The molecule has 0 spiro atoms. The normalized spacial score (nSPS) is 20.3. The lowest BCUT2D eigenvalue weighted by Crippen LogP contribution is -2.34. The van der Waals surface area contributed by atoms with Crippen LogP contribution in [0.4, 0.5) is 4.39 Å². The van der Waals surface area contributed by atoms with E-state index in [0.29, 0.717) is 17.5 Å². The molecule has 0 amide bonds. The summed E-state index contributed by atoms with van der Waals surface area (Å²) >= 11 is 0. The van der Waals surface area contributed by atoms with Gasteiger partial charge in [-0.05, 0) is 62.6 Å². The molecular weight excluding hydrogens is 381 g/mol. The Hall–Kier alpha value is -2.25. The zero-order chi connectivity index (χ0) is 20.5. The molecule has 1 heterocycles. The van der Waals surface area contributed by atoms with Crippen molar-refractivity contribution >= 4 is 16.0 Å². The first-order chi connectivity index (χ1) is 13.3. The molecule has 1 aliphatic heterocycles. The van der Waals surface area contributed by atoms with E-state index in [9.17, 15) is 17.6 Å². The van der Waals surface area contributed by atoms with Crippen LogP contribution in [0, 0.1) is 25.6 Å². The number of esters is 1. The van der Waals surface area contributed by atoms with Gasteiger partial charge >= 0.3 is 5.97 Å². The van der Waals surface area contributed by atoms with Gasteiger partial charge in [0.25, 0.3) is 0 Å². The minimum Gasteiger partial charge on any atom is -0.466 e. The molecule has 0 bridgehead atoms. The fourth-order valence-corrected chi connectivity index (χ4v) is 5.37. The molecule has 5 nitrogen and oxygen atoms in total. The lowest BCUT2D eigenvalue weighted by Gasteiger charge is -2.28. The molecule has 0 aliphatic carbocycles. The van der Waals surface area contributed by atoms with E-state index in [1.807, 2.05) is 6.92 Å². The number of hydrogen-bond donors (Lipinski definition) is 0. The first-order valence-electron chi connectivity index (χ1n) is 9.27. The molecule has 1 saturated heterocycles. The minimum absolute atomic E-state index is 0.173. The number of nitrogens with zero attached hydrogens (tertiary/aromatic N) is 1. The summed E-state index contributed by atoms with van der Waals surface area (Å²) in [5, 5.41) is 0. The third kappa shape index (κ3) is 3.82. The summed E-state index contributed by atoms with van der Waals surface area (Å²) in [5.74, 6) is -1.47. The maximum Gasteiger partial charge on any atom is 0.310 e. The highest BCUT2D eigenvalue weighted by Crippen LogP contribution is 2.42. The Labute approximate surface area is 165 Å². The molecule has 0 aromatic heterocycles. The molecule has 7 heteroatoms. The van der Waals surface area contributed by atoms with Crippen LogP contribution >= 0.6 is 0 Å². The van der Waals surface area contributed by atoms with Crippen molar-refractivity contribution in [2.75, 3.05) is 13.2 Å². The van der Waals surface area contributed by atoms with Gasteiger partial charge in [-0.15, -0.1) is 0 Å². The highest BCUT2D eigenvalue weighted by Gasteiger charge is 2.46. The second kappa shape index (κ2) is 8.01. The predicted octanol–water partition coefficient (Wildman–Crippen LogP) is 3.76. The molecule has 28 heavy (non-hydrogen) atoms. The highest BCUT2D eigenvalue weighted by molar-refractivity contribution is 7.89. The fourth-order valence-electron chi connectivity index (χ4n) is 3.72. The van der Waals surface area contributed by atoms with Crippen LogP contribution in [0.1, 0.15) is 36.1 Å². The summed E-state index contributed by atoms with van der Waals surface area (Å²) in [6.07, 6.45) is 0.353. The molecule has 0 N–H and O–H groups in total. The summed E-state index contributed by atoms with van der Waals surface area (Å²) in [6, 6.07) is 10.1. The van der Waals surface area contributed by atoms with Gasteiger partial charge in [-0.3, -0.25) is 4.79 Å². The summed E-state index contributed by atoms with van der Waals surface area (Å²) in [5.41, 5.74) is 2.17. The van der Waals surface area contributed by atoms with Crippen LogP contribution in [0.25, 0.3) is 0 Å². The first-order valence-corrected chi connectivity index (χ1v) is 10.7. The maximum atomic E-state index is 13.6. The van der Waals surface area contributed by atoms with Gasteiger partial charge in [-0.1, -0.05) is 23.8 Å². The Morgan fingerprint density at radius 3 is 2.46 bits per heavy atom. The van der Waals surface area contributed by atoms with Crippen molar-refractivity contribution in [1.29, 1.82) is 0 Å². The molecule has 1 fully saturated rings. The van der Waals surface area contributed by atoms with Crippen molar-refractivity contribution in [2.45, 2.75) is 38.1 Å². The van der Waals surface area contributed by atoms with Gasteiger partial charge in [-0.25, -0.2) is 12.8 Å². The first kappa shape index (κ1) is 20.5. The Balaban J connectivity index is 2.08. The third-order valence-corrected chi connectivity index (χ3v) is 7.01. The lowest BCUT2D eigenvalue weighted by molar-refractivity contribution is -0.148. The van der Waals surface area contributed by atoms with E-state index < -0.39 is 33.8 Å². The van der Waals surface area contributed by atoms with Crippen molar-refractivity contribution in [1.82, 2.24) is 4.31 Å². The van der Waals surface area contributed by atoms with E-state index in [1.54, 1.807) is 44.2 Å². The van der Waals surface area contributed by atoms with Gasteiger partial charge in [-0.2, -0.15) is 4.31 Å². The minimum atomic E-state index is -3.83.